The van der Waals surface area contributed by atoms with E-state index in [0.717, 1.165) is 16.9 Å². The molecule has 1 aliphatic heterocycles. The third-order valence-electron chi connectivity index (χ3n) is 5.28. The van der Waals surface area contributed by atoms with Gasteiger partial charge in [-0.2, -0.15) is 4.31 Å². The molecule has 35 heavy (non-hydrogen) atoms. The Morgan fingerprint density at radius 1 is 0.829 bits per heavy atom. The van der Waals surface area contributed by atoms with Crippen LogP contribution in [0.25, 0.3) is 0 Å². The van der Waals surface area contributed by atoms with Crippen molar-refractivity contribution in [1.82, 2.24) is 9.21 Å². The molecule has 0 spiro atoms. The van der Waals surface area contributed by atoms with Crippen molar-refractivity contribution in [1.29, 1.82) is 0 Å². The van der Waals surface area contributed by atoms with Crippen molar-refractivity contribution in [2.45, 2.75) is 12.3 Å². The van der Waals surface area contributed by atoms with E-state index < -0.39 is 22.0 Å². The minimum atomic E-state index is -3.32. The zero-order valence-corrected chi connectivity index (χ0v) is 20.7. The number of aliphatic carboxylic acids is 2. The minimum absolute atomic E-state index is 0.0390. The molecule has 2 aromatic rings. The van der Waals surface area contributed by atoms with Gasteiger partial charge >= 0.3 is 11.9 Å². The highest BCUT2D eigenvalue weighted by atomic mass is 32.2. The lowest BCUT2D eigenvalue weighted by Crippen LogP contribution is -2.48. The van der Waals surface area contributed by atoms with Gasteiger partial charge in [-0.25, -0.2) is 18.0 Å². The lowest BCUT2D eigenvalue weighted by molar-refractivity contribution is -0.159. The van der Waals surface area contributed by atoms with Crippen molar-refractivity contribution < 1.29 is 42.4 Å². The molecule has 0 unspecified atom stereocenters. The minimum Gasteiger partial charge on any atom is -0.496 e. The van der Waals surface area contributed by atoms with Crippen LogP contribution in [0.4, 0.5) is 0 Å². The number of ether oxygens (including phenoxy) is 3. The number of piperazine rings is 1. The second-order valence-electron chi connectivity index (χ2n) is 7.55. The van der Waals surface area contributed by atoms with Gasteiger partial charge in [0, 0.05) is 44.4 Å². The first-order valence-electron chi connectivity index (χ1n) is 10.6. The van der Waals surface area contributed by atoms with Gasteiger partial charge in [0.05, 0.1) is 27.1 Å². The summed E-state index contributed by atoms with van der Waals surface area (Å²) >= 11 is 0. The van der Waals surface area contributed by atoms with Crippen LogP contribution in [-0.4, -0.2) is 87.3 Å². The maximum atomic E-state index is 12.7. The molecule has 0 bridgehead atoms. The Bertz CT molecular complexity index is 1090. The number of rotatable bonds is 8. The first-order valence-corrected chi connectivity index (χ1v) is 12.2. The van der Waals surface area contributed by atoms with E-state index in [0.29, 0.717) is 44.2 Å². The van der Waals surface area contributed by atoms with E-state index in [9.17, 15) is 8.42 Å². The Hall–Kier alpha value is -3.35. The number of hydrogen-bond acceptors (Lipinski definition) is 8. The average Bonchev–Trinajstić information content (AvgIpc) is 2.84. The Kier molecular flexibility index (Phi) is 10.3. The second kappa shape index (κ2) is 12.9. The van der Waals surface area contributed by atoms with Gasteiger partial charge in [-0.15, -0.1) is 0 Å². The fraction of sp³-hybridized carbons (Fsp3) is 0.391. The molecule has 1 heterocycles. The Labute approximate surface area is 204 Å². The first kappa shape index (κ1) is 27.9. The predicted octanol–water partition coefficient (Wildman–Crippen LogP) is 1.52. The highest BCUT2D eigenvalue weighted by molar-refractivity contribution is 7.88. The van der Waals surface area contributed by atoms with E-state index in [1.54, 1.807) is 25.6 Å². The van der Waals surface area contributed by atoms with Crippen molar-refractivity contribution >= 4 is 22.0 Å². The maximum absolute atomic E-state index is 12.7. The van der Waals surface area contributed by atoms with Crippen LogP contribution >= 0.6 is 0 Å². The van der Waals surface area contributed by atoms with Crippen LogP contribution in [0, 0.1) is 0 Å². The number of benzene rings is 2. The molecule has 12 heteroatoms. The van der Waals surface area contributed by atoms with E-state index >= 15 is 0 Å². The summed E-state index contributed by atoms with van der Waals surface area (Å²) in [5, 5.41) is 14.8. The molecule has 0 aromatic heterocycles. The largest absolute Gasteiger partial charge is 0.496 e. The zero-order valence-electron chi connectivity index (χ0n) is 19.8. The summed E-state index contributed by atoms with van der Waals surface area (Å²) in [5.41, 5.74) is 1.79. The number of nitrogens with zero attached hydrogens (tertiary/aromatic N) is 2. The third kappa shape index (κ3) is 8.12. The lowest BCUT2D eigenvalue weighted by Gasteiger charge is -2.34. The predicted molar refractivity (Wildman–Crippen MR) is 127 cm³/mol. The van der Waals surface area contributed by atoms with Gasteiger partial charge in [-0.3, -0.25) is 4.90 Å². The van der Waals surface area contributed by atoms with Gasteiger partial charge in [-0.05, 0) is 11.6 Å². The number of carbonyl (C=O) groups is 2. The van der Waals surface area contributed by atoms with Crippen LogP contribution < -0.4 is 14.2 Å². The molecule has 0 aliphatic carbocycles. The van der Waals surface area contributed by atoms with Crippen molar-refractivity contribution in [2.75, 3.05) is 47.5 Å². The van der Waals surface area contributed by atoms with Gasteiger partial charge in [0.2, 0.25) is 10.0 Å². The zero-order chi connectivity index (χ0) is 26.0. The van der Waals surface area contributed by atoms with E-state index in [1.807, 2.05) is 42.5 Å². The Morgan fingerprint density at radius 3 is 1.83 bits per heavy atom. The number of methoxy groups -OCH3 is 3. The molecule has 0 saturated carbocycles. The summed E-state index contributed by atoms with van der Waals surface area (Å²) in [5.74, 6) is -1.62. The van der Waals surface area contributed by atoms with Gasteiger partial charge in [0.25, 0.3) is 0 Å². The van der Waals surface area contributed by atoms with Gasteiger partial charge < -0.3 is 24.4 Å². The third-order valence-corrected chi connectivity index (χ3v) is 7.13. The molecule has 192 valence electrons. The van der Waals surface area contributed by atoms with Crippen LogP contribution in [0.15, 0.2) is 42.5 Å². The van der Waals surface area contributed by atoms with Crippen LogP contribution in [0.2, 0.25) is 0 Å². The summed E-state index contributed by atoms with van der Waals surface area (Å²) in [4.78, 5) is 20.4. The monoisotopic (exact) mass is 510 g/mol. The lowest BCUT2D eigenvalue weighted by atomic mass is 10.1. The van der Waals surface area contributed by atoms with Crippen molar-refractivity contribution in [2.24, 2.45) is 0 Å². The number of hydrogen-bond donors (Lipinski definition) is 2. The van der Waals surface area contributed by atoms with E-state index in [2.05, 4.69) is 4.90 Å². The van der Waals surface area contributed by atoms with Crippen molar-refractivity contribution in [3.05, 3.63) is 53.6 Å². The Balaban J connectivity index is 0.000000641. The second-order valence-corrected chi connectivity index (χ2v) is 9.52. The van der Waals surface area contributed by atoms with E-state index in [1.165, 1.54) is 0 Å². The fourth-order valence-corrected chi connectivity index (χ4v) is 5.01. The standard InChI is InChI=1S/C21H28N2O5S.C2H2O4/c1-26-19-14-21(28-3)20(27-2)13-18(19)15-22-9-11-23(12-10-22)29(24,25)16-17-7-5-4-6-8-17;3-1(4)2(5)6/h4-8,13-14H,9-12,15-16H2,1-3H3;(H,3,4)(H,5,6). The summed E-state index contributed by atoms with van der Waals surface area (Å²) < 4.78 is 43.3. The summed E-state index contributed by atoms with van der Waals surface area (Å²) in [6.07, 6.45) is 0. The Morgan fingerprint density at radius 2 is 1.34 bits per heavy atom. The number of carboxylic acids is 2. The topological polar surface area (TPSA) is 143 Å². The molecule has 3 rings (SSSR count). The van der Waals surface area contributed by atoms with Gasteiger partial charge in [0.1, 0.15) is 5.75 Å². The van der Waals surface area contributed by atoms with Crippen LogP contribution in [0.1, 0.15) is 11.1 Å². The summed E-state index contributed by atoms with van der Waals surface area (Å²) in [7, 11) is 1.50. The molecular formula is C23H30N2O9S. The first-order chi connectivity index (χ1) is 16.6. The molecule has 0 radical (unpaired) electrons. The molecule has 1 fully saturated rings. The van der Waals surface area contributed by atoms with Gasteiger partial charge in [-0.1, -0.05) is 30.3 Å². The summed E-state index contributed by atoms with van der Waals surface area (Å²) in [6, 6.07) is 13.0. The highest BCUT2D eigenvalue weighted by Gasteiger charge is 2.27. The smallest absolute Gasteiger partial charge is 0.414 e. The normalized spacial score (nSPS) is 14.4. The van der Waals surface area contributed by atoms with Crippen LogP contribution in [0.3, 0.4) is 0 Å². The maximum Gasteiger partial charge on any atom is 0.414 e. The molecule has 1 saturated heterocycles. The molecule has 2 N–H and O–H groups in total. The van der Waals surface area contributed by atoms with Crippen LogP contribution in [0.5, 0.6) is 17.2 Å². The number of sulfonamides is 1. The molecule has 0 amide bonds. The fourth-order valence-electron chi connectivity index (χ4n) is 3.50. The highest BCUT2D eigenvalue weighted by Crippen LogP contribution is 2.35. The molecule has 1 aliphatic rings. The number of carboxylic acid groups (broad SMARTS) is 2. The molecule has 11 nitrogen and oxygen atoms in total. The van der Waals surface area contributed by atoms with Crippen molar-refractivity contribution in [3.8, 4) is 17.2 Å². The average molecular weight is 511 g/mol. The molecule has 2 aromatic carbocycles. The van der Waals surface area contributed by atoms with Crippen LogP contribution in [-0.2, 0) is 31.9 Å². The van der Waals surface area contributed by atoms with E-state index in [-0.39, 0.29) is 5.75 Å². The quantitative estimate of drug-likeness (QED) is 0.502. The van der Waals surface area contributed by atoms with E-state index in [4.69, 9.17) is 34.0 Å². The molecular weight excluding hydrogens is 480 g/mol. The summed E-state index contributed by atoms with van der Waals surface area (Å²) in [6.45, 7) is 2.92. The van der Waals surface area contributed by atoms with Crippen molar-refractivity contribution in [3.63, 3.8) is 0 Å². The van der Waals surface area contributed by atoms with Gasteiger partial charge in [0.15, 0.2) is 11.5 Å². The SMILES string of the molecule is COc1cc(OC)c(OC)cc1CN1CCN(S(=O)(=O)Cc2ccccc2)CC1.O=C(O)C(=O)O. The molecule has 0 atom stereocenters.